The minimum atomic E-state index is -3.91. The van der Waals surface area contributed by atoms with E-state index in [9.17, 15) is 18.0 Å². The second kappa shape index (κ2) is 14.4. The average molecular weight is 614 g/mol. The van der Waals surface area contributed by atoms with E-state index in [-0.39, 0.29) is 30.3 Å². The number of nitrogens with one attached hydrogen (secondary N) is 1. The monoisotopic (exact) mass is 613 g/mol. The molecule has 1 atom stereocenters. The van der Waals surface area contributed by atoms with Crippen LogP contribution >= 0.6 is 11.6 Å². The number of rotatable bonds is 13. The van der Waals surface area contributed by atoms with Crippen LogP contribution in [0.1, 0.15) is 31.4 Å². The maximum absolute atomic E-state index is 14.2. The quantitative estimate of drug-likeness (QED) is 0.306. The Hall–Kier alpha value is -3.76. The van der Waals surface area contributed by atoms with E-state index in [0.717, 1.165) is 16.3 Å². The number of carbonyl (C=O) groups is 2. The Morgan fingerprint density at radius 2 is 1.64 bits per heavy atom. The van der Waals surface area contributed by atoms with Crippen molar-refractivity contribution in [3.63, 3.8) is 0 Å². The number of carbonyl (C=O) groups excluding carboxylic acids is 2. The lowest BCUT2D eigenvalue weighted by Crippen LogP contribution is -2.53. The zero-order valence-electron chi connectivity index (χ0n) is 23.8. The van der Waals surface area contributed by atoms with Crippen molar-refractivity contribution in [2.75, 3.05) is 36.4 Å². The van der Waals surface area contributed by atoms with Crippen molar-refractivity contribution in [2.24, 2.45) is 0 Å². The van der Waals surface area contributed by atoms with Crippen molar-refractivity contribution in [3.8, 4) is 11.5 Å². The van der Waals surface area contributed by atoms with Gasteiger partial charge in [0.15, 0.2) is 11.5 Å². The second-order valence-electron chi connectivity index (χ2n) is 9.84. The molecule has 1 N–H and O–H groups in total. The summed E-state index contributed by atoms with van der Waals surface area (Å²) >= 11 is 6.49. The molecule has 0 fully saturated rings. The highest BCUT2D eigenvalue weighted by atomic mass is 35.5. The summed E-state index contributed by atoms with van der Waals surface area (Å²) in [4.78, 5) is 29.3. The summed E-state index contributed by atoms with van der Waals surface area (Å²) in [5.41, 5.74) is 1.76. The summed E-state index contributed by atoms with van der Waals surface area (Å²) in [7, 11) is -3.91. The molecular weight excluding hydrogens is 578 g/mol. The molecule has 0 radical (unpaired) electrons. The van der Waals surface area contributed by atoms with Crippen molar-refractivity contribution in [2.45, 2.75) is 39.3 Å². The Morgan fingerprint density at radius 1 is 0.952 bits per heavy atom. The first-order valence-corrected chi connectivity index (χ1v) is 16.0. The average Bonchev–Trinajstić information content (AvgIpc) is 3.01. The number of halogens is 1. The number of amides is 2. The molecule has 1 aliphatic rings. The highest BCUT2D eigenvalue weighted by Gasteiger charge is 2.34. The molecular formula is C31H36ClN3O6S. The van der Waals surface area contributed by atoms with Gasteiger partial charge in [0.1, 0.15) is 25.8 Å². The third-order valence-corrected chi connectivity index (χ3v) is 9.02. The topological polar surface area (TPSA) is 105 Å². The van der Waals surface area contributed by atoms with Crippen LogP contribution in [0.2, 0.25) is 5.02 Å². The number of hydrogen-bond donors (Lipinski definition) is 1. The number of ether oxygens (including phenoxy) is 2. The normalized spacial score (nSPS) is 13.2. The van der Waals surface area contributed by atoms with E-state index >= 15 is 0 Å². The van der Waals surface area contributed by atoms with Gasteiger partial charge < -0.3 is 19.7 Å². The molecule has 0 bridgehead atoms. The summed E-state index contributed by atoms with van der Waals surface area (Å²) in [5, 5.41) is 3.36. The van der Waals surface area contributed by atoms with Gasteiger partial charge in [0.05, 0.1) is 11.4 Å². The van der Waals surface area contributed by atoms with Gasteiger partial charge in [0.2, 0.25) is 21.8 Å². The van der Waals surface area contributed by atoms with Gasteiger partial charge >= 0.3 is 0 Å². The number of nitrogens with zero attached hydrogens (tertiary/aromatic N) is 2. The van der Waals surface area contributed by atoms with E-state index in [2.05, 4.69) is 5.32 Å². The van der Waals surface area contributed by atoms with Crippen molar-refractivity contribution < 1.29 is 27.5 Å². The van der Waals surface area contributed by atoms with Crippen LogP contribution in [0.25, 0.3) is 0 Å². The van der Waals surface area contributed by atoms with Crippen LogP contribution in [0.5, 0.6) is 11.5 Å². The van der Waals surface area contributed by atoms with Gasteiger partial charge in [-0.05, 0) is 42.7 Å². The first kappa shape index (κ1) is 31.2. The summed E-state index contributed by atoms with van der Waals surface area (Å²) in [5.74, 6) is -0.207. The Balaban J connectivity index is 1.75. The lowest BCUT2D eigenvalue weighted by Gasteiger charge is -2.34. The van der Waals surface area contributed by atoms with Gasteiger partial charge in [-0.3, -0.25) is 13.9 Å². The highest BCUT2D eigenvalue weighted by molar-refractivity contribution is 7.92. The molecule has 0 aliphatic carbocycles. The highest BCUT2D eigenvalue weighted by Crippen LogP contribution is 2.35. The van der Waals surface area contributed by atoms with Crippen molar-refractivity contribution >= 4 is 39.1 Å². The second-order valence-corrected chi connectivity index (χ2v) is 12.4. The van der Waals surface area contributed by atoms with Crippen LogP contribution < -0.4 is 19.1 Å². The predicted octanol–water partition coefficient (Wildman–Crippen LogP) is 4.43. The van der Waals surface area contributed by atoms with Crippen LogP contribution in [-0.4, -0.2) is 63.2 Å². The number of anilines is 1. The van der Waals surface area contributed by atoms with Gasteiger partial charge in [-0.25, -0.2) is 8.42 Å². The Morgan fingerprint density at radius 3 is 2.33 bits per heavy atom. The largest absolute Gasteiger partial charge is 0.486 e. The molecule has 1 aliphatic heterocycles. The lowest BCUT2D eigenvalue weighted by atomic mass is 10.0. The number of hydrogen-bond acceptors (Lipinski definition) is 6. The zero-order valence-corrected chi connectivity index (χ0v) is 25.4. The minimum absolute atomic E-state index is 0.0106. The van der Waals surface area contributed by atoms with Crippen molar-refractivity contribution in [1.82, 2.24) is 10.2 Å². The Kier molecular flexibility index (Phi) is 10.7. The van der Waals surface area contributed by atoms with E-state index in [1.807, 2.05) is 37.3 Å². The summed E-state index contributed by atoms with van der Waals surface area (Å²) in [6, 6.07) is 20.3. The van der Waals surface area contributed by atoms with E-state index in [1.165, 1.54) is 11.8 Å². The van der Waals surface area contributed by atoms with Crippen LogP contribution in [-0.2, 0) is 32.6 Å². The fraction of sp³-hybridized carbons (Fsp3) is 0.355. The van der Waals surface area contributed by atoms with Crippen LogP contribution in [0.4, 0.5) is 5.69 Å². The molecule has 2 amide bonds. The molecule has 224 valence electrons. The molecule has 0 unspecified atom stereocenters. The Labute approximate surface area is 252 Å². The van der Waals surface area contributed by atoms with E-state index in [1.54, 1.807) is 42.5 Å². The van der Waals surface area contributed by atoms with Crippen LogP contribution in [0.15, 0.2) is 72.8 Å². The lowest BCUT2D eigenvalue weighted by molar-refractivity contribution is -0.140. The Bertz CT molecular complexity index is 1480. The predicted molar refractivity (Wildman–Crippen MR) is 163 cm³/mol. The summed E-state index contributed by atoms with van der Waals surface area (Å²) in [6.45, 7) is 4.11. The number of benzene rings is 3. The SMILES string of the molecule is CCCNC(=O)[C@@H](Cc1ccccc1)N(Cc1ccccc1Cl)C(=O)CN(c1ccc2c(c1)OCCO2)S(=O)(=O)CC. The smallest absolute Gasteiger partial charge is 0.244 e. The van der Waals surface area contributed by atoms with Gasteiger partial charge in [-0.2, -0.15) is 0 Å². The molecule has 0 spiro atoms. The third kappa shape index (κ3) is 7.74. The molecule has 1 heterocycles. The van der Waals surface area contributed by atoms with E-state index < -0.39 is 28.5 Å². The van der Waals surface area contributed by atoms with Crippen LogP contribution in [0, 0.1) is 0 Å². The van der Waals surface area contributed by atoms with Gasteiger partial charge in [-0.15, -0.1) is 0 Å². The van der Waals surface area contributed by atoms with Gasteiger partial charge in [-0.1, -0.05) is 67.1 Å². The molecule has 3 aromatic carbocycles. The van der Waals surface area contributed by atoms with Crippen LogP contribution in [0.3, 0.4) is 0 Å². The molecule has 0 saturated carbocycles. The molecule has 42 heavy (non-hydrogen) atoms. The van der Waals surface area contributed by atoms with E-state index in [0.29, 0.717) is 41.8 Å². The molecule has 9 nitrogen and oxygen atoms in total. The number of sulfonamides is 1. The zero-order chi connectivity index (χ0) is 30.1. The van der Waals surface area contributed by atoms with Crippen molar-refractivity contribution in [1.29, 1.82) is 0 Å². The first-order chi connectivity index (χ1) is 20.2. The molecule has 11 heteroatoms. The van der Waals surface area contributed by atoms with Crippen molar-refractivity contribution in [3.05, 3.63) is 88.9 Å². The first-order valence-electron chi connectivity index (χ1n) is 14.0. The molecule has 0 aromatic heterocycles. The standard InChI is InChI=1S/C31H36ClN3O6S/c1-3-16-33-31(37)27(19-23-10-6-5-7-11-23)34(21-24-12-8-9-13-26(24)32)30(36)22-35(42(38,39)4-2)25-14-15-28-29(20-25)41-18-17-40-28/h5-15,20,27H,3-4,16-19,21-22H2,1-2H3,(H,33,37)/t27-/m1/s1. The summed E-state index contributed by atoms with van der Waals surface area (Å²) in [6.07, 6.45) is 0.950. The fourth-order valence-corrected chi connectivity index (χ4v) is 5.89. The maximum atomic E-state index is 14.2. The third-order valence-electron chi connectivity index (χ3n) is 6.91. The molecule has 0 saturated heterocycles. The van der Waals surface area contributed by atoms with Gasteiger partial charge in [0, 0.05) is 30.6 Å². The van der Waals surface area contributed by atoms with E-state index in [4.69, 9.17) is 21.1 Å². The number of fused-ring (bicyclic) bond motifs is 1. The van der Waals surface area contributed by atoms with Gasteiger partial charge in [0.25, 0.3) is 0 Å². The maximum Gasteiger partial charge on any atom is 0.244 e. The minimum Gasteiger partial charge on any atom is -0.486 e. The fourth-order valence-electron chi connectivity index (χ4n) is 4.64. The molecule has 3 aromatic rings. The summed E-state index contributed by atoms with van der Waals surface area (Å²) < 4.78 is 39.0. The molecule has 4 rings (SSSR count).